The van der Waals surface area contributed by atoms with Gasteiger partial charge in [0.15, 0.2) is 18.1 Å². The van der Waals surface area contributed by atoms with Gasteiger partial charge in [0.25, 0.3) is 5.56 Å². The lowest BCUT2D eigenvalue weighted by atomic mass is 9.95. The zero-order chi connectivity index (χ0) is 22.8. The van der Waals surface area contributed by atoms with E-state index in [1.165, 1.54) is 18.0 Å². The fraction of sp³-hybridized carbons (Fsp3) is 0.273. The molecule has 7 nitrogen and oxygen atoms in total. The van der Waals surface area contributed by atoms with Crippen molar-refractivity contribution in [2.24, 2.45) is 5.10 Å². The summed E-state index contributed by atoms with van der Waals surface area (Å²) in [4.78, 5) is 18.0. The Morgan fingerprint density at radius 1 is 1.23 bits per heavy atom. The molecular formula is C22H20Br2N4O3. The lowest BCUT2D eigenvalue weighted by molar-refractivity contribution is 0.329. The van der Waals surface area contributed by atoms with E-state index < -0.39 is 5.41 Å². The summed E-state index contributed by atoms with van der Waals surface area (Å²) in [5.41, 5.74) is 0.426. The zero-order valence-corrected chi connectivity index (χ0v) is 20.6. The maximum Gasteiger partial charge on any atom is 0.282 e. The number of fused-ring (bicyclic) bond motifs is 1. The molecule has 31 heavy (non-hydrogen) atoms. The lowest BCUT2D eigenvalue weighted by Crippen LogP contribution is -2.29. The van der Waals surface area contributed by atoms with Crippen LogP contribution in [0.1, 0.15) is 32.2 Å². The van der Waals surface area contributed by atoms with Gasteiger partial charge in [0.2, 0.25) is 0 Å². The molecule has 1 heterocycles. The minimum atomic E-state index is -0.438. The third-order valence-corrected chi connectivity index (χ3v) is 5.29. The Balaban J connectivity index is 2.24. The van der Waals surface area contributed by atoms with Gasteiger partial charge >= 0.3 is 0 Å². The molecule has 0 saturated carbocycles. The quantitative estimate of drug-likeness (QED) is 0.419. The predicted octanol–water partition coefficient (Wildman–Crippen LogP) is 5.01. The summed E-state index contributed by atoms with van der Waals surface area (Å²) in [6, 6.07) is 10.8. The van der Waals surface area contributed by atoms with E-state index in [0.29, 0.717) is 33.8 Å². The van der Waals surface area contributed by atoms with Crippen molar-refractivity contribution >= 4 is 49.0 Å². The Hall–Kier alpha value is -2.70. The van der Waals surface area contributed by atoms with Crippen molar-refractivity contribution in [1.29, 1.82) is 5.26 Å². The highest BCUT2D eigenvalue weighted by atomic mass is 79.9. The summed E-state index contributed by atoms with van der Waals surface area (Å²) >= 11 is 6.84. The number of nitrogens with zero attached hydrogens (tertiary/aromatic N) is 4. The molecule has 0 atom stereocenters. The van der Waals surface area contributed by atoms with E-state index in [4.69, 9.17) is 19.7 Å². The average molecular weight is 548 g/mol. The van der Waals surface area contributed by atoms with Crippen LogP contribution in [0.4, 0.5) is 0 Å². The minimum Gasteiger partial charge on any atom is -0.493 e. The first-order valence-electron chi connectivity index (χ1n) is 9.30. The van der Waals surface area contributed by atoms with Gasteiger partial charge in [-0.25, -0.2) is 4.98 Å². The maximum absolute atomic E-state index is 13.3. The van der Waals surface area contributed by atoms with Gasteiger partial charge in [0.05, 0.1) is 24.2 Å². The molecule has 0 aliphatic carbocycles. The SMILES string of the molecule is COc1cc(Br)cc(C=Nn2c(C(C)(C)C)nc3ccc(Br)cc3c2=O)c1OCC#N. The Labute approximate surface area is 196 Å². The van der Waals surface area contributed by atoms with Crippen LogP contribution in [0.25, 0.3) is 10.9 Å². The van der Waals surface area contributed by atoms with Gasteiger partial charge in [0.1, 0.15) is 11.9 Å². The third kappa shape index (κ3) is 4.97. The predicted molar refractivity (Wildman–Crippen MR) is 127 cm³/mol. The summed E-state index contributed by atoms with van der Waals surface area (Å²) < 4.78 is 13.8. The molecule has 1 aromatic heterocycles. The first kappa shape index (κ1) is 23.0. The molecule has 2 aromatic carbocycles. The van der Waals surface area contributed by atoms with Crippen LogP contribution in [0.3, 0.4) is 0 Å². The maximum atomic E-state index is 13.3. The molecule has 3 aromatic rings. The van der Waals surface area contributed by atoms with Crippen LogP contribution in [0.15, 0.2) is 49.2 Å². The average Bonchev–Trinajstić information content (AvgIpc) is 2.71. The second-order valence-corrected chi connectivity index (χ2v) is 9.51. The normalized spacial score (nSPS) is 11.6. The first-order chi connectivity index (χ1) is 14.7. The van der Waals surface area contributed by atoms with Crippen LogP contribution in [0, 0.1) is 11.3 Å². The van der Waals surface area contributed by atoms with E-state index in [0.717, 1.165) is 8.95 Å². The number of hydrogen-bond donors (Lipinski definition) is 0. The number of methoxy groups -OCH3 is 1. The van der Waals surface area contributed by atoms with Gasteiger partial charge in [-0.1, -0.05) is 52.6 Å². The number of halogens is 2. The number of nitriles is 1. The largest absolute Gasteiger partial charge is 0.493 e. The van der Waals surface area contributed by atoms with Gasteiger partial charge in [-0.3, -0.25) is 4.79 Å². The van der Waals surface area contributed by atoms with E-state index in [2.05, 4.69) is 37.0 Å². The molecule has 9 heteroatoms. The van der Waals surface area contributed by atoms with Crippen molar-refractivity contribution < 1.29 is 9.47 Å². The summed E-state index contributed by atoms with van der Waals surface area (Å²) in [6.07, 6.45) is 1.50. The lowest BCUT2D eigenvalue weighted by Gasteiger charge is -2.21. The number of aromatic nitrogens is 2. The highest BCUT2D eigenvalue weighted by Gasteiger charge is 2.23. The summed E-state index contributed by atoms with van der Waals surface area (Å²) in [6.45, 7) is 5.75. The third-order valence-electron chi connectivity index (χ3n) is 4.34. The second kappa shape index (κ2) is 9.20. The number of ether oxygens (including phenoxy) is 2. The van der Waals surface area contributed by atoms with Gasteiger partial charge < -0.3 is 9.47 Å². The highest BCUT2D eigenvalue weighted by molar-refractivity contribution is 9.10. The molecule has 0 bridgehead atoms. The summed E-state index contributed by atoms with van der Waals surface area (Å²) in [7, 11) is 1.51. The molecule has 0 radical (unpaired) electrons. The van der Waals surface area contributed by atoms with Crippen LogP contribution < -0.4 is 15.0 Å². The highest BCUT2D eigenvalue weighted by Crippen LogP contribution is 2.34. The molecule has 0 amide bonds. The van der Waals surface area contributed by atoms with Crippen molar-refractivity contribution in [3.8, 4) is 17.6 Å². The fourth-order valence-corrected chi connectivity index (χ4v) is 3.77. The monoisotopic (exact) mass is 546 g/mol. The fourth-order valence-electron chi connectivity index (χ4n) is 2.96. The topological polar surface area (TPSA) is 89.5 Å². The molecule has 0 fully saturated rings. The summed E-state index contributed by atoms with van der Waals surface area (Å²) in [5.74, 6) is 1.32. The summed E-state index contributed by atoms with van der Waals surface area (Å²) in [5, 5.41) is 13.8. The van der Waals surface area contributed by atoms with E-state index in [9.17, 15) is 4.79 Å². The van der Waals surface area contributed by atoms with Gasteiger partial charge in [-0.15, -0.1) is 0 Å². The van der Waals surface area contributed by atoms with Crippen LogP contribution in [-0.2, 0) is 5.41 Å². The van der Waals surface area contributed by atoms with Crippen molar-refractivity contribution in [3.63, 3.8) is 0 Å². The molecule has 0 saturated heterocycles. The van der Waals surface area contributed by atoms with Crippen molar-refractivity contribution in [2.75, 3.05) is 13.7 Å². The van der Waals surface area contributed by atoms with Gasteiger partial charge in [-0.05, 0) is 30.3 Å². The Kier molecular flexibility index (Phi) is 6.82. The Morgan fingerprint density at radius 2 is 1.97 bits per heavy atom. The number of rotatable bonds is 5. The molecule has 3 rings (SSSR count). The molecule has 0 unspecified atom stereocenters. The number of hydrogen-bond acceptors (Lipinski definition) is 6. The van der Waals surface area contributed by atoms with E-state index in [1.54, 1.807) is 24.3 Å². The smallest absolute Gasteiger partial charge is 0.282 e. The molecular weight excluding hydrogens is 528 g/mol. The van der Waals surface area contributed by atoms with Crippen molar-refractivity contribution in [2.45, 2.75) is 26.2 Å². The molecule has 0 N–H and O–H groups in total. The van der Waals surface area contributed by atoms with Crippen molar-refractivity contribution in [3.05, 3.63) is 61.0 Å². The Morgan fingerprint density at radius 3 is 2.61 bits per heavy atom. The van der Waals surface area contributed by atoms with Crippen LogP contribution in [0.5, 0.6) is 11.5 Å². The van der Waals surface area contributed by atoms with Gasteiger partial charge in [-0.2, -0.15) is 15.0 Å². The van der Waals surface area contributed by atoms with Crippen molar-refractivity contribution in [1.82, 2.24) is 9.66 Å². The van der Waals surface area contributed by atoms with Crippen LogP contribution in [0.2, 0.25) is 0 Å². The van der Waals surface area contributed by atoms with Crippen LogP contribution in [-0.4, -0.2) is 29.6 Å². The van der Waals surface area contributed by atoms with Crippen LogP contribution >= 0.6 is 31.9 Å². The molecule has 160 valence electrons. The van der Waals surface area contributed by atoms with Gasteiger partial charge in [0, 0.05) is 19.9 Å². The standard InChI is InChI=1S/C22H20Br2N4O3/c1-22(2,3)21-27-17-6-5-14(23)10-16(17)20(29)28(21)26-12-13-9-15(24)11-18(30-4)19(13)31-8-7-25/h5-6,9-12H,8H2,1-4H3. The van der Waals surface area contributed by atoms with E-state index in [-0.39, 0.29) is 12.2 Å². The first-order valence-corrected chi connectivity index (χ1v) is 10.9. The number of benzene rings is 2. The minimum absolute atomic E-state index is 0.155. The molecule has 0 aliphatic heterocycles. The Bertz CT molecular complexity index is 1270. The molecule has 0 spiro atoms. The molecule has 0 aliphatic rings. The van der Waals surface area contributed by atoms with E-state index in [1.807, 2.05) is 32.9 Å². The second-order valence-electron chi connectivity index (χ2n) is 7.68. The van der Waals surface area contributed by atoms with E-state index >= 15 is 0 Å². The zero-order valence-electron chi connectivity index (χ0n) is 17.4.